The molecule has 0 saturated heterocycles. The Kier molecular flexibility index (Phi) is 4.82. The quantitative estimate of drug-likeness (QED) is 0.885. The topological polar surface area (TPSA) is 99.5 Å². The van der Waals surface area contributed by atoms with Crippen LogP contribution in [0.25, 0.3) is 0 Å². The van der Waals surface area contributed by atoms with Crippen LogP contribution in [0, 0.1) is 11.3 Å². The number of carbonyl (C=O) groups is 1. The Balaban J connectivity index is 1.79. The zero-order valence-electron chi connectivity index (χ0n) is 14.0. The van der Waals surface area contributed by atoms with Crippen LogP contribution in [0.1, 0.15) is 5.56 Å². The lowest BCUT2D eigenvalue weighted by molar-refractivity contribution is -0.122. The molecular weight excluding hydrogens is 354 g/mol. The average molecular weight is 371 g/mol. The number of ether oxygens (including phenoxy) is 1. The summed E-state index contributed by atoms with van der Waals surface area (Å²) in [6, 6.07) is 15.6. The standard InChI is InChI=1S/C18H17N3O4S/c1-26(23,24)21-12-17(25-16-5-3-2-4-15(16)21)18(22)20-14-8-6-13(7-9-14)10-11-19/h2-9,17H,10,12H2,1H3,(H,20,22)/t17-/m1/s1. The zero-order valence-corrected chi connectivity index (χ0v) is 14.9. The molecule has 134 valence electrons. The molecule has 1 heterocycles. The van der Waals surface area contributed by atoms with Gasteiger partial charge in [0.2, 0.25) is 10.0 Å². The Morgan fingerprint density at radius 2 is 1.96 bits per heavy atom. The van der Waals surface area contributed by atoms with Crippen molar-refractivity contribution in [2.24, 2.45) is 0 Å². The molecule has 0 spiro atoms. The normalized spacial score (nSPS) is 16.2. The molecule has 2 aromatic rings. The van der Waals surface area contributed by atoms with Gasteiger partial charge in [0.15, 0.2) is 6.10 Å². The maximum Gasteiger partial charge on any atom is 0.267 e. The number of anilines is 2. The van der Waals surface area contributed by atoms with E-state index in [1.54, 1.807) is 48.5 Å². The molecule has 1 atom stereocenters. The number of benzene rings is 2. The van der Waals surface area contributed by atoms with Crippen LogP contribution in [0.4, 0.5) is 11.4 Å². The van der Waals surface area contributed by atoms with E-state index in [1.807, 2.05) is 0 Å². The van der Waals surface area contributed by atoms with Crippen LogP contribution in [0.5, 0.6) is 5.75 Å². The molecule has 1 aliphatic heterocycles. The largest absolute Gasteiger partial charge is 0.476 e. The fraction of sp³-hybridized carbons (Fsp3) is 0.222. The van der Waals surface area contributed by atoms with Gasteiger partial charge in [0.05, 0.1) is 31.0 Å². The SMILES string of the molecule is CS(=O)(=O)N1C[C@H](C(=O)Nc2ccc(CC#N)cc2)Oc2ccccc21. The molecule has 0 radical (unpaired) electrons. The highest BCUT2D eigenvalue weighted by Crippen LogP contribution is 2.34. The molecule has 3 rings (SSSR count). The summed E-state index contributed by atoms with van der Waals surface area (Å²) in [5.41, 5.74) is 1.81. The molecular formula is C18H17N3O4S. The van der Waals surface area contributed by atoms with Crippen LogP contribution in [0.3, 0.4) is 0 Å². The van der Waals surface area contributed by atoms with Crippen LogP contribution in [0.15, 0.2) is 48.5 Å². The number of nitrogens with one attached hydrogen (secondary N) is 1. The Labute approximate surface area is 151 Å². The average Bonchev–Trinajstić information content (AvgIpc) is 2.62. The Bertz CT molecular complexity index is 965. The minimum atomic E-state index is -3.55. The van der Waals surface area contributed by atoms with Crippen molar-refractivity contribution in [1.29, 1.82) is 5.26 Å². The minimum Gasteiger partial charge on any atom is -0.476 e. The number of hydrogen-bond donors (Lipinski definition) is 1. The van der Waals surface area contributed by atoms with Gasteiger partial charge >= 0.3 is 0 Å². The van der Waals surface area contributed by atoms with E-state index >= 15 is 0 Å². The summed E-state index contributed by atoms with van der Waals surface area (Å²) in [5, 5.41) is 11.4. The smallest absolute Gasteiger partial charge is 0.267 e. The Morgan fingerprint density at radius 3 is 2.62 bits per heavy atom. The van der Waals surface area contributed by atoms with Gasteiger partial charge in [-0.2, -0.15) is 5.26 Å². The molecule has 1 N–H and O–H groups in total. The first-order valence-corrected chi connectivity index (χ1v) is 9.73. The third-order valence-electron chi connectivity index (χ3n) is 3.93. The first-order valence-electron chi connectivity index (χ1n) is 7.88. The third-order valence-corrected chi connectivity index (χ3v) is 5.08. The second-order valence-electron chi connectivity index (χ2n) is 5.89. The van der Waals surface area contributed by atoms with Crippen molar-refractivity contribution in [3.05, 3.63) is 54.1 Å². The third kappa shape index (κ3) is 3.78. The molecule has 0 saturated carbocycles. The van der Waals surface area contributed by atoms with E-state index in [0.29, 0.717) is 23.5 Å². The first-order chi connectivity index (χ1) is 12.4. The summed E-state index contributed by atoms with van der Waals surface area (Å²) in [4.78, 5) is 12.6. The van der Waals surface area contributed by atoms with Gasteiger partial charge in [-0.05, 0) is 29.8 Å². The number of rotatable bonds is 4. The Morgan fingerprint density at radius 1 is 1.27 bits per heavy atom. The summed E-state index contributed by atoms with van der Waals surface area (Å²) in [5.74, 6) is -0.102. The molecule has 1 aliphatic rings. The summed E-state index contributed by atoms with van der Waals surface area (Å²) in [6.45, 7) is -0.103. The number of para-hydroxylation sites is 2. The van der Waals surface area contributed by atoms with Crippen molar-refractivity contribution in [3.8, 4) is 11.8 Å². The molecule has 26 heavy (non-hydrogen) atoms. The highest BCUT2D eigenvalue weighted by atomic mass is 32.2. The monoisotopic (exact) mass is 371 g/mol. The summed E-state index contributed by atoms with van der Waals surface area (Å²) in [7, 11) is -3.55. The van der Waals surface area contributed by atoms with Crippen molar-refractivity contribution in [1.82, 2.24) is 0 Å². The van der Waals surface area contributed by atoms with E-state index in [2.05, 4.69) is 11.4 Å². The van der Waals surface area contributed by atoms with Gasteiger partial charge in [-0.15, -0.1) is 0 Å². The molecule has 0 unspecified atom stereocenters. The molecule has 7 nitrogen and oxygen atoms in total. The van der Waals surface area contributed by atoms with Crippen molar-refractivity contribution in [3.63, 3.8) is 0 Å². The van der Waals surface area contributed by atoms with E-state index in [9.17, 15) is 13.2 Å². The number of fused-ring (bicyclic) bond motifs is 1. The van der Waals surface area contributed by atoms with Crippen molar-refractivity contribution in [2.45, 2.75) is 12.5 Å². The lowest BCUT2D eigenvalue weighted by atomic mass is 10.1. The number of nitriles is 1. The highest BCUT2D eigenvalue weighted by Gasteiger charge is 2.34. The van der Waals surface area contributed by atoms with Gasteiger partial charge in [0.1, 0.15) is 5.75 Å². The van der Waals surface area contributed by atoms with Gasteiger partial charge in [-0.1, -0.05) is 24.3 Å². The van der Waals surface area contributed by atoms with Crippen molar-refractivity contribution >= 4 is 27.3 Å². The van der Waals surface area contributed by atoms with Crippen LogP contribution >= 0.6 is 0 Å². The second-order valence-corrected chi connectivity index (χ2v) is 7.80. The maximum absolute atomic E-state index is 12.6. The molecule has 0 bridgehead atoms. The van der Waals surface area contributed by atoms with E-state index in [4.69, 9.17) is 10.00 Å². The maximum atomic E-state index is 12.6. The fourth-order valence-electron chi connectivity index (χ4n) is 2.67. The fourth-order valence-corrected chi connectivity index (χ4v) is 3.59. The van der Waals surface area contributed by atoms with Crippen molar-refractivity contribution < 1.29 is 17.9 Å². The van der Waals surface area contributed by atoms with Gasteiger partial charge in [0, 0.05) is 5.69 Å². The Hall–Kier alpha value is -3.05. The lowest BCUT2D eigenvalue weighted by Crippen LogP contribution is -2.48. The number of sulfonamides is 1. The van der Waals surface area contributed by atoms with Crippen molar-refractivity contribution in [2.75, 3.05) is 22.4 Å². The predicted molar refractivity (Wildman–Crippen MR) is 97.4 cm³/mol. The van der Waals surface area contributed by atoms with Crippen LogP contribution in [0.2, 0.25) is 0 Å². The van der Waals surface area contributed by atoms with Crippen LogP contribution in [-0.2, 0) is 21.2 Å². The summed E-state index contributed by atoms with van der Waals surface area (Å²) in [6.07, 6.45) is 0.413. The van der Waals surface area contributed by atoms with E-state index in [1.165, 1.54) is 4.31 Å². The lowest BCUT2D eigenvalue weighted by Gasteiger charge is -2.33. The zero-order chi connectivity index (χ0) is 18.7. The van der Waals surface area contributed by atoms with Gasteiger partial charge in [-0.25, -0.2) is 8.42 Å². The van der Waals surface area contributed by atoms with Gasteiger partial charge in [0.25, 0.3) is 5.91 Å². The first kappa shape index (κ1) is 17.8. The van der Waals surface area contributed by atoms with E-state index in [-0.39, 0.29) is 6.54 Å². The number of hydrogen-bond acceptors (Lipinski definition) is 5. The number of nitrogens with zero attached hydrogens (tertiary/aromatic N) is 2. The molecule has 1 amide bonds. The molecule has 2 aromatic carbocycles. The van der Waals surface area contributed by atoms with Gasteiger partial charge < -0.3 is 10.1 Å². The predicted octanol–water partition coefficient (Wildman–Crippen LogP) is 1.92. The van der Waals surface area contributed by atoms with Crippen LogP contribution < -0.4 is 14.4 Å². The number of amides is 1. The summed E-state index contributed by atoms with van der Waals surface area (Å²) < 4.78 is 31.0. The van der Waals surface area contributed by atoms with E-state index in [0.717, 1.165) is 11.8 Å². The van der Waals surface area contributed by atoms with E-state index < -0.39 is 22.0 Å². The van der Waals surface area contributed by atoms with Gasteiger partial charge in [-0.3, -0.25) is 9.10 Å². The number of carbonyl (C=O) groups excluding carboxylic acids is 1. The summed E-state index contributed by atoms with van der Waals surface area (Å²) >= 11 is 0. The highest BCUT2D eigenvalue weighted by molar-refractivity contribution is 7.92. The molecule has 0 aliphatic carbocycles. The minimum absolute atomic E-state index is 0.103. The second kappa shape index (κ2) is 7.06. The molecule has 8 heteroatoms. The molecule has 0 fully saturated rings. The van der Waals surface area contributed by atoms with Crippen LogP contribution in [-0.4, -0.2) is 33.2 Å². The molecule has 0 aromatic heterocycles.